The van der Waals surface area contributed by atoms with E-state index in [-0.39, 0.29) is 12.5 Å². The second kappa shape index (κ2) is 8.46. The van der Waals surface area contributed by atoms with Crippen LogP contribution >= 0.6 is 23.2 Å². The summed E-state index contributed by atoms with van der Waals surface area (Å²) in [5.74, 6) is 0.521. The van der Waals surface area contributed by atoms with Gasteiger partial charge in [0.05, 0.1) is 17.3 Å². The number of carbonyl (C=O) groups is 1. The lowest BCUT2D eigenvalue weighted by Gasteiger charge is -2.10. The van der Waals surface area contributed by atoms with E-state index in [0.717, 1.165) is 0 Å². The van der Waals surface area contributed by atoms with Crippen molar-refractivity contribution >= 4 is 40.5 Å². The number of hydrogen-bond acceptors (Lipinski definition) is 3. The number of halogens is 2. The van der Waals surface area contributed by atoms with E-state index in [1.165, 1.54) is 0 Å². The van der Waals surface area contributed by atoms with E-state index in [9.17, 15) is 4.79 Å². The smallest absolute Gasteiger partial charge is 0.243 e. The van der Waals surface area contributed by atoms with Crippen LogP contribution in [0.1, 0.15) is 0 Å². The number of nitrogens with one attached hydrogen (secondary N) is 2. The number of rotatable bonds is 7. The van der Waals surface area contributed by atoms with Gasteiger partial charge in [0.15, 0.2) is 0 Å². The first-order valence-electron chi connectivity index (χ1n) is 6.91. The van der Waals surface area contributed by atoms with Gasteiger partial charge in [0.1, 0.15) is 12.4 Å². The zero-order chi connectivity index (χ0) is 16.7. The number of hydrogen-bond donors (Lipinski definition) is 2. The Kier molecular flexibility index (Phi) is 6.32. The van der Waals surface area contributed by atoms with Crippen LogP contribution in [0, 0.1) is 0 Å². The molecular formula is C17H16Cl2N2O2. The molecule has 2 N–H and O–H groups in total. The predicted octanol–water partition coefficient (Wildman–Crippen LogP) is 4.61. The van der Waals surface area contributed by atoms with Gasteiger partial charge < -0.3 is 15.4 Å². The van der Waals surface area contributed by atoms with Crippen LogP contribution in [0.2, 0.25) is 10.0 Å². The van der Waals surface area contributed by atoms with Crippen LogP contribution in [0.15, 0.2) is 55.1 Å². The molecule has 0 aliphatic carbocycles. The first-order chi connectivity index (χ1) is 11.1. The third kappa shape index (κ3) is 5.51. The molecule has 0 fully saturated rings. The van der Waals surface area contributed by atoms with Gasteiger partial charge in [-0.1, -0.05) is 35.9 Å². The molecule has 0 aromatic heterocycles. The zero-order valence-corrected chi connectivity index (χ0v) is 13.8. The topological polar surface area (TPSA) is 50.4 Å². The van der Waals surface area contributed by atoms with Crippen molar-refractivity contribution in [3.63, 3.8) is 0 Å². The van der Waals surface area contributed by atoms with E-state index in [0.29, 0.717) is 33.8 Å². The lowest BCUT2D eigenvalue weighted by atomic mass is 10.3. The van der Waals surface area contributed by atoms with Crippen molar-refractivity contribution in [2.24, 2.45) is 0 Å². The van der Waals surface area contributed by atoms with Crippen molar-refractivity contribution in [3.8, 4) is 5.75 Å². The second-order valence-corrected chi connectivity index (χ2v) is 5.49. The lowest BCUT2D eigenvalue weighted by Crippen LogP contribution is -2.21. The highest BCUT2D eigenvalue weighted by molar-refractivity contribution is 6.35. The first kappa shape index (κ1) is 17.2. The predicted molar refractivity (Wildman–Crippen MR) is 95.7 cm³/mol. The Morgan fingerprint density at radius 1 is 1.17 bits per heavy atom. The number of benzene rings is 2. The maximum Gasteiger partial charge on any atom is 0.243 e. The summed E-state index contributed by atoms with van der Waals surface area (Å²) in [6, 6.07) is 12.1. The van der Waals surface area contributed by atoms with Crippen LogP contribution < -0.4 is 15.4 Å². The van der Waals surface area contributed by atoms with Crippen LogP contribution in [0.4, 0.5) is 11.4 Å². The largest absolute Gasteiger partial charge is 0.490 e. The number of carbonyl (C=O) groups excluding carboxylic acids is 1. The zero-order valence-electron chi connectivity index (χ0n) is 12.3. The minimum absolute atomic E-state index is 0.0782. The summed E-state index contributed by atoms with van der Waals surface area (Å²) in [6.45, 7) is 4.10. The Labute approximate surface area is 145 Å². The van der Waals surface area contributed by atoms with Gasteiger partial charge in [0.2, 0.25) is 5.91 Å². The van der Waals surface area contributed by atoms with Crippen LogP contribution in [0.5, 0.6) is 5.75 Å². The minimum Gasteiger partial charge on any atom is -0.490 e. The van der Waals surface area contributed by atoms with Gasteiger partial charge >= 0.3 is 0 Å². The summed E-state index contributed by atoms with van der Waals surface area (Å²) in [7, 11) is 0. The minimum atomic E-state index is -0.194. The summed E-state index contributed by atoms with van der Waals surface area (Å²) < 4.78 is 5.37. The van der Waals surface area contributed by atoms with E-state index in [1.807, 2.05) is 0 Å². The van der Waals surface area contributed by atoms with Gasteiger partial charge in [0, 0.05) is 10.7 Å². The van der Waals surface area contributed by atoms with Gasteiger partial charge in [-0.3, -0.25) is 4.79 Å². The SMILES string of the molecule is C=CCOc1ccc(NC(=O)CNc2cc(Cl)ccc2Cl)cc1. The van der Waals surface area contributed by atoms with Gasteiger partial charge in [-0.05, 0) is 42.5 Å². The van der Waals surface area contributed by atoms with Gasteiger partial charge in [-0.25, -0.2) is 0 Å². The molecule has 0 atom stereocenters. The lowest BCUT2D eigenvalue weighted by molar-refractivity contribution is -0.114. The number of amides is 1. The van der Waals surface area contributed by atoms with Crippen molar-refractivity contribution < 1.29 is 9.53 Å². The molecule has 0 unspecified atom stereocenters. The molecule has 2 aromatic rings. The maximum absolute atomic E-state index is 11.9. The van der Waals surface area contributed by atoms with E-state index >= 15 is 0 Å². The van der Waals surface area contributed by atoms with E-state index in [4.69, 9.17) is 27.9 Å². The van der Waals surface area contributed by atoms with Crippen LogP contribution in [0.3, 0.4) is 0 Å². The van der Waals surface area contributed by atoms with Crippen molar-refractivity contribution in [2.45, 2.75) is 0 Å². The Hall–Kier alpha value is -2.17. The van der Waals surface area contributed by atoms with Crippen molar-refractivity contribution in [2.75, 3.05) is 23.8 Å². The molecule has 6 heteroatoms. The van der Waals surface area contributed by atoms with E-state index in [2.05, 4.69) is 17.2 Å². The van der Waals surface area contributed by atoms with Crippen molar-refractivity contribution in [1.82, 2.24) is 0 Å². The molecule has 120 valence electrons. The standard InChI is InChI=1S/C17H16Cl2N2O2/c1-2-9-23-14-6-4-13(5-7-14)21-17(22)11-20-16-10-12(18)3-8-15(16)19/h2-8,10,20H,1,9,11H2,(H,21,22). The summed E-state index contributed by atoms with van der Waals surface area (Å²) in [4.78, 5) is 11.9. The first-order valence-corrected chi connectivity index (χ1v) is 7.66. The van der Waals surface area contributed by atoms with E-state index in [1.54, 1.807) is 48.5 Å². The fraction of sp³-hybridized carbons (Fsp3) is 0.118. The van der Waals surface area contributed by atoms with Gasteiger partial charge in [-0.2, -0.15) is 0 Å². The molecule has 0 heterocycles. The quantitative estimate of drug-likeness (QED) is 0.717. The number of ether oxygens (including phenoxy) is 1. The second-order valence-electron chi connectivity index (χ2n) is 4.65. The summed E-state index contributed by atoms with van der Waals surface area (Å²) in [5.41, 5.74) is 1.29. The average Bonchev–Trinajstić information content (AvgIpc) is 2.55. The highest BCUT2D eigenvalue weighted by Crippen LogP contribution is 2.25. The average molecular weight is 351 g/mol. The molecule has 0 bridgehead atoms. The third-order valence-electron chi connectivity index (χ3n) is 2.87. The fourth-order valence-electron chi connectivity index (χ4n) is 1.80. The highest BCUT2D eigenvalue weighted by Gasteiger charge is 2.05. The summed E-state index contributed by atoms with van der Waals surface area (Å²) >= 11 is 11.9. The van der Waals surface area contributed by atoms with Crippen LogP contribution in [-0.2, 0) is 4.79 Å². The molecule has 4 nitrogen and oxygen atoms in total. The Morgan fingerprint density at radius 2 is 1.91 bits per heavy atom. The maximum atomic E-state index is 11.9. The molecule has 0 saturated carbocycles. The molecule has 1 amide bonds. The normalized spacial score (nSPS) is 10.0. The molecule has 0 aliphatic rings. The van der Waals surface area contributed by atoms with Crippen molar-refractivity contribution in [3.05, 3.63) is 65.2 Å². The Bertz CT molecular complexity index is 687. The number of anilines is 2. The highest BCUT2D eigenvalue weighted by atomic mass is 35.5. The molecule has 2 rings (SSSR count). The van der Waals surface area contributed by atoms with E-state index < -0.39 is 0 Å². The summed E-state index contributed by atoms with van der Waals surface area (Å²) in [5, 5.41) is 6.78. The molecule has 0 saturated heterocycles. The van der Waals surface area contributed by atoms with Gasteiger partial charge in [0.25, 0.3) is 0 Å². The van der Waals surface area contributed by atoms with Gasteiger partial charge in [-0.15, -0.1) is 0 Å². The molecule has 0 aliphatic heterocycles. The molecule has 23 heavy (non-hydrogen) atoms. The molecule has 0 spiro atoms. The fourth-order valence-corrected chi connectivity index (χ4v) is 2.16. The van der Waals surface area contributed by atoms with Crippen molar-refractivity contribution in [1.29, 1.82) is 0 Å². The Balaban J connectivity index is 1.87. The molecular weight excluding hydrogens is 335 g/mol. The Morgan fingerprint density at radius 3 is 2.61 bits per heavy atom. The third-order valence-corrected chi connectivity index (χ3v) is 3.44. The molecule has 2 aromatic carbocycles. The molecule has 0 radical (unpaired) electrons. The monoisotopic (exact) mass is 350 g/mol. The van der Waals surface area contributed by atoms with Crippen LogP contribution in [-0.4, -0.2) is 19.1 Å². The summed E-state index contributed by atoms with van der Waals surface area (Å²) in [6.07, 6.45) is 1.67. The van der Waals surface area contributed by atoms with Crippen LogP contribution in [0.25, 0.3) is 0 Å².